The lowest BCUT2D eigenvalue weighted by atomic mass is 9.81. The third kappa shape index (κ3) is 3.72. The second kappa shape index (κ2) is 5.72. The molecule has 1 aliphatic rings. The van der Waals surface area contributed by atoms with Crippen molar-refractivity contribution in [3.8, 4) is 0 Å². The lowest BCUT2D eigenvalue weighted by molar-refractivity contribution is -0.134. The molecule has 1 N–H and O–H groups in total. The van der Waals surface area contributed by atoms with Crippen molar-refractivity contribution < 1.29 is 9.59 Å². The lowest BCUT2D eigenvalue weighted by Crippen LogP contribution is -2.46. The van der Waals surface area contributed by atoms with Gasteiger partial charge in [-0.15, -0.1) is 0 Å². The zero-order valence-electron chi connectivity index (χ0n) is 12.2. The first kappa shape index (κ1) is 15.0. The van der Waals surface area contributed by atoms with Gasteiger partial charge in [-0.05, 0) is 17.8 Å². The Labute approximate surface area is 110 Å². The normalized spacial score (nSPS) is 23.6. The summed E-state index contributed by atoms with van der Waals surface area (Å²) in [5, 5.41) is 2.79. The molecule has 0 bridgehead atoms. The molecule has 1 heterocycles. The maximum absolute atomic E-state index is 12.3. The summed E-state index contributed by atoms with van der Waals surface area (Å²) in [4.78, 5) is 25.7. The number of hydrogen-bond acceptors (Lipinski definition) is 2. The van der Waals surface area contributed by atoms with E-state index in [2.05, 4.69) is 33.0 Å². The predicted molar refractivity (Wildman–Crippen MR) is 72.0 cm³/mol. The van der Waals surface area contributed by atoms with Crippen molar-refractivity contribution in [1.29, 1.82) is 0 Å². The zero-order chi connectivity index (χ0) is 13.9. The van der Waals surface area contributed by atoms with Crippen LogP contribution in [0.4, 0.5) is 0 Å². The van der Waals surface area contributed by atoms with Crippen molar-refractivity contribution in [2.24, 2.45) is 11.3 Å². The Bertz CT molecular complexity index is 320. The third-order valence-electron chi connectivity index (χ3n) is 3.93. The largest absolute Gasteiger partial charge is 0.344 e. The topological polar surface area (TPSA) is 49.4 Å². The van der Waals surface area contributed by atoms with Crippen molar-refractivity contribution >= 4 is 11.8 Å². The second-order valence-corrected chi connectivity index (χ2v) is 6.33. The Morgan fingerprint density at radius 1 is 1.39 bits per heavy atom. The minimum atomic E-state index is -0.341. The van der Waals surface area contributed by atoms with E-state index in [1.165, 1.54) is 0 Å². The van der Waals surface area contributed by atoms with Gasteiger partial charge in [-0.2, -0.15) is 0 Å². The zero-order valence-corrected chi connectivity index (χ0v) is 12.2. The monoisotopic (exact) mass is 254 g/mol. The molecule has 4 heteroatoms. The molecule has 1 saturated heterocycles. The van der Waals surface area contributed by atoms with Crippen LogP contribution in [0, 0.1) is 11.3 Å². The third-order valence-corrected chi connectivity index (χ3v) is 3.93. The molecule has 1 fully saturated rings. The molecule has 1 rings (SSSR count). The van der Waals surface area contributed by atoms with E-state index < -0.39 is 0 Å². The minimum Gasteiger partial charge on any atom is -0.344 e. The highest BCUT2D eigenvalue weighted by atomic mass is 16.2. The van der Waals surface area contributed by atoms with Crippen molar-refractivity contribution in [2.75, 3.05) is 13.1 Å². The first-order chi connectivity index (χ1) is 8.25. The van der Waals surface area contributed by atoms with Crippen LogP contribution >= 0.6 is 0 Å². The van der Waals surface area contributed by atoms with Crippen LogP contribution in [-0.2, 0) is 9.59 Å². The predicted octanol–water partition coefficient (Wildman–Crippen LogP) is 1.80. The van der Waals surface area contributed by atoms with Crippen molar-refractivity contribution in [3.63, 3.8) is 0 Å². The van der Waals surface area contributed by atoms with Gasteiger partial charge in [0.15, 0.2) is 0 Å². The minimum absolute atomic E-state index is 0.0129. The van der Waals surface area contributed by atoms with Crippen LogP contribution in [0.5, 0.6) is 0 Å². The molecule has 18 heavy (non-hydrogen) atoms. The lowest BCUT2D eigenvalue weighted by Gasteiger charge is -2.33. The molecule has 2 atom stereocenters. The fraction of sp³-hybridized carbons (Fsp3) is 0.857. The summed E-state index contributed by atoms with van der Waals surface area (Å²) in [6.45, 7) is 11.9. The van der Waals surface area contributed by atoms with Gasteiger partial charge in [-0.1, -0.05) is 34.6 Å². The van der Waals surface area contributed by atoms with Gasteiger partial charge in [0, 0.05) is 19.5 Å². The number of carbonyl (C=O) groups excluding carboxylic acids is 2. The second-order valence-electron chi connectivity index (χ2n) is 6.33. The average Bonchev–Trinajstić information content (AvgIpc) is 2.40. The Morgan fingerprint density at radius 3 is 2.50 bits per heavy atom. The van der Waals surface area contributed by atoms with E-state index in [-0.39, 0.29) is 23.3 Å². The number of carbonyl (C=O) groups is 2. The van der Waals surface area contributed by atoms with Gasteiger partial charge in [0.1, 0.15) is 6.04 Å². The molecule has 0 radical (unpaired) electrons. The van der Waals surface area contributed by atoms with Crippen LogP contribution in [0.3, 0.4) is 0 Å². The maximum Gasteiger partial charge on any atom is 0.245 e. The number of hydrogen-bond donors (Lipinski definition) is 1. The molecule has 0 aliphatic carbocycles. The van der Waals surface area contributed by atoms with Crippen LogP contribution in [-0.4, -0.2) is 35.8 Å². The van der Waals surface area contributed by atoms with Crippen LogP contribution in [0.25, 0.3) is 0 Å². The van der Waals surface area contributed by atoms with E-state index in [9.17, 15) is 9.59 Å². The van der Waals surface area contributed by atoms with Crippen molar-refractivity contribution in [2.45, 2.75) is 53.5 Å². The van der Waals surface area contributed by atoms with E-state index in [0.717, 1.165) is 6.54 Å². The van der Waals surface area contributed by atoms with Gasteiger partial charge in [-0.3, -0.25) is 9.59 Å². The molecular weight excluding hydrogens is 228 g/mol. The standard InChI is InChI=1S/C14H26N2O2/c1-6-11-13(18)16(8-7-12(17)15-11)9-10(2)14(3,4)5/h10-11H,6-9H2,1-5H3,(H,15,17). The van der Waals surface area contributed by atoms with Gasteiger partial charge in [-0.25, -0.2) is 0 Å². The van der Waals surface area contributed by atoms with E-state index in [0.29, 0.717) is 25.3 Å². The van der Waals surface area contributed by atoms with Gasteiger partial charge in [0.05, 0.1) is 0 Å². The Morgan fingerprint density at radius 2 is 2.00 bits per heavy atom. The van der Waals surface area contributed by atoms with Crippen LogP contribution in [0.1, 0.15) is 47.5 Å². The molecule has 0 spiro atoms. The number of nitrogens with zero attached hydrogens (tertiary/aromatic N) is 1. The van der Waals surface area contributed by atoms with Crippen LogP contribution in [0.15, 0.2) is 0 Å². The highest BCUT2D eigenvalue weighted by Gasteiger charge is 2.31. The highest BCUT2D eigenvalue weighted by molar-refractivity contribution is 5.89. The number of rotatable bonds is 3. The number of nitrogens with one attached hydrogen (secondary N) is 1. The first-order valence-electron chi connectivity index (χ1n) is 6.83. The smallest absolute Gasteiger partial charge is 0.245 e. The Kier molecular flexibility index (Phi) is 4.77. The number of amides is 2. The summed E-state index contributed by atoms with van der Waals surface area (Å²) < 4.78 is 0. The molecule has 1 aliphatic heterocycles. The summed E-state index contributed by atoms with van der Waals surface area (Å²) in [5.74, 6) is 0.465. The van der Waals surface area contributed by atoms with E-state index in [4.69, 9.17) is 0 Å². The summed E-state index contributed by atoms with van der Waals surface area (Å²) in [6.07, 6.45) is 1.07. The molecule has 0 aromatic heterocycles. The van der Waals surface area contributed by atoms with Gasteiger partial charge >= 0.3 is 0 Å². The Balaban J connectivity index is 2.74. The SMILES string of the molecule is CCC1NC(=O)CCN(CC(C)C(C)(C)C)C1=O. The van der Waals surface area contributed by atoms with E-state index in [1.54, 1.807) is 0 Å². The molecule has 0 aromatic carbocycles. The van der Waals surface area contributed by atoms with Crippen LogP contribution < -0.4 is 5.32 Å². The van der Waals surface area contributed by atoms with Crippen molar-refractivity contribution in [3.05, 3.63) is 0 Å². The molecule has 0 aromatic rings. The quantitative estimate of drug-likeness (QED) is 0.835. The fourth-order valence-corrected chi connectivity index (χ4v) is 1.96. The Hall–Kier alpha value is -1.06. The van der Waals surface area contributed by atoms with E-state index in [1.807, 2.05) is 11.8 Å². The summed E-state index contributed by atoms with van der Waals surface area (Å²) >= 11 is 0. The molecule has 104 valence electrons. The fourth-order valence-electron chi connectivity index (χ4n) is 1.96. The molecular formula is C14H26N2O2. The van der Waals surface area contributed by atoms with Crippen LogP contribution in [0.2, 0.25) is 0 Å². The highest BCUT2D eigenvalue weighted by Crippen LogP contribution is 2.26. The maximum atomic E-state index is 12.3. The molecule has 4 nitrogen and oxygen atoms in total. The summed E-state index contributed by atoms with van der Waals surface area (Å²) in [7, 11) is 0. The summed E-state index contributed by atoms with van der Waals surface area (Å²) in [6, 6.07) is -0.341. The average molecular weight is 254 g/mol. The first-order valence-corrected chi connectivity index (χ1v) is 6.83. The van der Waals surface area contributed by atoms with Crippen molar-refractivity contribution in [1.82, 2.24) is 10.2 Å². The summed E-state index contributed by atoms with van der Waals surface area (Å²) in [5.41, 5.74) is 0.172. The van der Waals surface area contributed by atoms with Gasteiger partial charge in [0.2, 0.25) is 11.8 Å². The molecule has 2 unspecified atom stereocenters. The van der Waals surface area contributed by atoms with Gasteiger partial charge < -0.3 is 10.2 Å². The molecule has 0 saturated carbocycles. The van der Waals surface area contributed by atoms with E-state index >= 15 is 0 Å². The molecule has 2 amide bonds. The van der Waals surface area contributed by atoms with Gasteiger partial charge in [0.25, 0.3) is 0 Å².